The first-order valence-corrected chi connectivity index (χ1v) is 6.36. The van der Waals surface area contributed by atoms with E-state index in [4.69, 9.17) is 4.74 Å². The Hall–Kier alpha value is -0.243. The van der Waals surface area contributed by atoms with Gasteiger partial charge in [0, 0.05) is 0 Å². The van der Waals surface area contributed by atoms with Crippen LogP contribution in [0.5, 0.6) is 0 Å². The van der Waals surface area contributed by atoms with E-state index in [0.29, 0.717) is 6.10 Å². The average molecular weight is 171 g/mol. The molecule has 0 atom stereocenters. The highest BCUT2D eigenvalue weighted by molar-refractivity contribution is 6.63. The molecule has 0 spiro atoms. The molecule has 0 heterocycles. The van der Waals surface area contributed by atoms with Crippen LogP contribution in [0.15, 0.2) is 12.0 Å². The maximum Gasteiger partial charge on any atom is 0.0922 e. The van der Waals surface area contributed by atoms with Crippen LogP contribution in [0.1, 0.15) is 27.7 Å². The van der Waals surface area contributed by atoms with E-state index < -0.39 is 0 Å². The zero-order valence-corrected chi connectivity index (χ0v) is 9.05. The molecule has 65 valence electrons. The highest BCUT2D eigenvalue weighted by atomic mass is 28.3. The number of hydrogen-bond donors (Lipinski definition) is 0. The van der Waals surface area contributed by atoms with Crippen LogP contribution in [-0.2, 0) is 4.74 Å². The van der Waals surface area contributed by atoms with E-state index in [9.17, 15) is 0 Å². The monoisotopic (exact) mass is 171 g/mol. The minimum absolute atomic E-state index is 0.225. The first-order valence-electron chi connectivity index (χ1n) is 4.37. The predicted octanol–water partition coefficient (Wildman–Crippen LogP) is 3.00. The first kappa shape index (κ1) is 10.8. The fourth-order valence-electron chi connectivity index (χ4n) is 0.778. The van der Waals surface area contributed by atoms with Crippen LogP contribution in [0.2, 0.25) is 12.1 Å². The molecule has 0 N–H and O–H groups in total. The molecule has 0 aliphatic rings. The van der Waals surface area contributed by atoms with Crippen molar-refractivity contribution in [3.8, 4) is 0 Å². The van der Waals surface area contributed by atoms with Crippen molar-refractivity contribution in [2.75, 3.05) is 0 Å². The normalized spacial score (nSPS) is 11.8. The number of ether oxygens (including phenoxy) is 1. The summed E-state index contributed by atoms with van der Waals surface area (Å²) < 4.78 is 5.32. The van der Waals surface area contributed by atoms with Gasteiger partial charge in [-0.2, -0.15) is 0 Å². The minimum atomic E-state index is -0.225. The number of rotatable bonds is 5. The van der Waals surface area contributed by atoms with E-state index >= 15 is 0 Å². The SMILES string of the molecule is CC[Si](C=COC(C)C)CC. The minimum Gasteiger partial charge on any atom is -0.499 e. The van der Waals surface area contributed by atoms with Gasteiger partial charge in [0.05, 0.1) is 21.2 Å². The Kier molecular flexibility index (Phi) is 6.32. The lowest BCUT2D eigenvalue weighted by Gasteiger charge is -2.05. The smallest absolute Gasteiger partial charge is 0.0922 e. The van der Waals surface area contributed by atoms with Gasteiger partial charge in [0.15, 0.2) is 0 Å². The van der Waals surface area contributed by atoms with E-state index in [1.165, 1.54) is 12.1 Å². The van der Waals surface area contributed by atoms with Gasteiger partial charge in [0.1, 0.15) is 0 Å². The fourth-order valence-corrected chi connectivity index (χ4v) is 2.02. The average Bonchev–Trinajstić information content (AvgIpc) is 1.98. The van der Waals surface area contributed by atoms with Crippen molar-refractivity contribution >= 4 is 8.80 Å². The van der Waals surface area contributed by atoms with Gasteiger partial charge in [-0.05, 0) is 13.8 Å². The second-order valence-electron chi connectivity index (χ2n) is 2.85. The largest absolute Gasteiger partial charge is 0.499 e. The van der Waals surface area contributed by atoms with Crippen molar-refractivity contribution in [1.82, 2.24) is 0 Å². The third kappa shape index (κ3) is 6.17. The molecule has 0 bridgehead atoms. The molecule has 0 fully saturated rings. The summed E-state index contributed by atoms with van der Waals surface area (Å²) in [6.45, 7) is 8.60. The van der Waals surface area contributed by atoms with Crippen LogP contribution in [0.4, 0.5) is 0 Å². The molecule has 0 aromatic rings. The van der Waals surface area contributed by atoms with Crippen molar-refractivity contribution in [2.24, 2.45) is 0 Å². The molecule has 0 rings (SSSR count). The number of hydrogen-bond acceptors (Lipinski definition) is 1. The molecule has 1 nitrogen and oxygen atoms in total. The third-order valence-corrected chi connectivity index (χ3v) is 3.99. The van der Waals surface area contributed by atoms with Crippen LogP contribution < -0.4 is 0 Å². The predicted molar refractivity (Wildman–Crippen MR) is 52.1 cm³/mol. The van der Waals surface area contributed by atoms with Crippen molar-refractivity contribution in [3.63, 3.8) is 0 Å². The van der Waals surface area contributed by atoms with Gasteiger partial charge in [-0.1, -0.05) is 31.6 Å². The molecule has 1 radical (unpaired) electrons. The quantitative estimate of drug-likeness (QED) is 0.456. The van der Waals surface area contributed by atoms with E-state index in [1.54, 1.807) is 0 Å². The Balaban J connectivity index is 3.53. The van der Waals surface area contributed by atoms with Gasteiger partial charge in [0.2, 0.25) is 0 Å². The molecule has 0 saturated carbocycles. The van der Waals surface area contributed by atoms with Crippen molar-refractivity contribution in [2.45, 2.75) is 45.9 Å². The standard InChI is InChI=1S/C9H19OSi/c1-5-11(6-2)8-7-10-9(3)4/h7-9H,5-6H2,1-4H3. The summed E-state index contributed by atoms with van der Waals surface area (Å²) in [6.07, 6.45) is 2.20. The molecular formula is C9H19OSi. The van der Waals surface area contributed by atoms with Crippen LogP contribution in [0, 0.1) is 0 Å². The van der Waals surface area contributed by atoms with Crippen molar-refractivity contribution < 1.29 is 4.74 Å². The van der Waals surface area contributed by atoms with Crippen molar-refractivity contribution in [1.29, 1.82) is 0 Å². The molecule has 2 heteroatoms. The topological polar surface area (TPSA) is 9.23 Å². The van der Waals surface area contributed by atoms with Gasteiger partial charge >= 0.3 is 0 Å². The molecule has 0 unspecified atom stereocenters. The molecule has 11 heavy (non-hydrogen) atoms. The van der Waals surface area contributed by atoms with E-state index in [2.05, 4.69) is 33.4 Å². The molecule has 0 aliphatic heterocycles. The first-order chi connectivity index (χ1) is 5.20. The van der Waals surface area contributed by atoms with Crippen LogP contribution >= 0.6 is 0 Å². The summed E-state index contributed by atoms with van der Waals surface area (Å²) in [5.41, 5.74) is 2.25. The van der Waals surface area contributed by atoms with Gasteiger partial charge in [0.25, 0.3) is 0 Å². The van der Waals surface area contributed by atoms with Gasteiger partial charge in [-0.25, -0.2) is 0 Å². The zero-order chi connectivity index (χ0) is 8.69. The van der Waals surface area contributed by atoms with E-state index in [1.807, 2.05) is 6.26 Å². The van der Waals surface area contributed by atoms with Crippen LogP contribution in [0.25, 0.3) is 0 Å². The third-order valence-electron chi connectivity index (χ3n) is 1.56. The molecular weight excluding hydrogens is 152 g/mol. The second kappa shape index (κ2) is 6.47. The Labute approximate surface area is 72.1 Å². The molecule has 0 aromatic carbocycles. The Morgan fingerprint density at radius 3 is 2.18 bits per heavy atom. The summed E-state index contributed by atoms with van der Waals surface area (Å²) >= 11 is 0. The van der Waals surface area contributed by atoms with E-state index in [-0.39, 0.29) is 8.80 Å². The summed E-state index contributed by atoms with van der Waals surface area (Å²) in [5.74, 6) is 0. The lowest BCUT2D eigenvalue weighted by molar-refractivity contribution is 0.180. The Morgan fingerprint density at radius 2 is 1.82 bits per heavy atom. The highest BCUT2D eigenvalue weighted by Gasteiger charge is 1.99. The van der Waals surface area contributed by atoms with Gasteiger partial charge in [-0.15, -0.1) is 0 Å². The summed E-state index contributed by atoms with van der Waals surface area (Å²) in [5, 5.41) is 0. The fraction of sp³-hybridized carbons (Fsp3) is 0.778. The van der Waals surface area contributed by atoms with Gasteiger partial charge in [-0.3, -0.25) is 0 Å². The highest BCUT2D eigenvalue weighted by Crippen LogP contribution is 2.00. The van der Waals surface area contributed by atoms with Crippen molar-refractivity contribution in [3.05, 3.63) is 12.0 Å². The maximum absolute atomic E-state index is 5.32. The maximum atomic E-state index is 5.32. The Morgan fingerprint density at radius 1 is 1.27 bits per heavy atom. The lowest BCUT2D eigenvalue weighted by Crippen LogP contribution is -2.05. The zero-order valence-electron chi connectivity index (χ0n) is 8.05. The second-order valence-corrected chi connectivity index (χ2v) is 5.92. The summed E-state index contributed by atoms with van der Waals surface area (Å²) in [6, 6.07) is 2.61. The Bertz CT molecular complexity index is 106. The molecule has 0 aromatic heterocycles. The summed E-state index contributed by atoms with van der Waals surface area (Å²) in [7, 11) is -0.225. The summed E-state index contributed by atoms with van der Waals surface area (Å²) in [4.78, 5) is 0. The molecule has 0 amide bonds. The van der Waals surface area contributed by atoms with Crippen LogP contribution in [0.3, 0.4) is 0 Å². The molecule has 0 aliphatic carbocycles. The van der Waals surface area contributed by atoms with E-state index in [0.717, 1.165) is 0 Å². The van der Waals surface area contributed by atoms with Gasteiger partial charge < -0.3 is 4.74 Å². The van der Waals surface area contributed by atoms with Crippen LogP contribution in [-0.4, -0.2) is 14.9 Å². The lowest BCUT2D eigenvalue weighted by atomic mass is 10.5. The molecule has 0 saturated heterocycles.